The van der Waals surface area contributed by atoms with Crippen molar-refractivity contribution in [3.8, 4) is 11.4 Å². The average molecular weight is 469 g/mol. The number of nitrogens with zero attached hydrogens (tertiary/aromatic N) is 7. The number of hydrogen-bond acceptors (Lipinski definition) is 9. The lowest BCUT2D eigenvalue weighted by atomic mass is 10.3. The highest BCUT2D eigenvalue weighted by Gasteiger charge is 2.37. The summed E-state index contributed by atoms with van der Waals surface area (Å²) in [7, 11) is -3.45. The molecule has 4 aromatic rings. The van der Waals surface area contributed by atoms with Gasteiger partial charge in [-0.1, -0.05) is 0 Å². The van der Waals surface area contributed by atoms with Crippen LogP contribution in [0.1, 0.15) is 51.6 Å². The molecule has 4 heterocycles. The lowest BCUT2D eigenvalue weighted by Crippen LogP contribution is -2.17. The third-order valence-electron chi connectivity index (χ3n) is 5.43. The monoisotopic (exact) mass is 468 g/mol. The zero-order valence-electron chi connectivity index (χ0n) is 18.4. The Morgan fingerprint density at radius 2 is 1.91 bits per heavy atom. The minimum absolute atomic E-state index is 0.101. The fraction of sp³-hybridized carbons (Fsp3) is 0.381. The molecule has 0 unspecified atom stereocenters. The molecule has 0 aliphatic heterocycles. The first-order valence-electron chi connectivity index (χ1n) is 10.7. The lowest BCUT2D eigenvalue weighted by molar-refractivity contribution is 0.182. The first-order chi connectivity index (χ1) is 15.7. The van der Waals surface area contributed by atoms with Crippen LogP contribution < -0.4 is 5.32 Å². The molecule has 1 aliphatic rings. The highest BCUT2D eigenvalue weighted by atomic mass is 32.2. The van der Waals surface area contributed by atoms with Gasteiger partial charge in [0.05, 0.1) is 34.9 Å². The number of anilines is 2. The summed E-state index contributed by atoms with van der Waals surface area (Å²) in [4.78, 5) is 17.7. The predicted molar refractivity (Wildman–Crippen MR) is 122 cm³/mol. The van der Waals surface area contributed by atoms with E-state index in [2.05, 4.69) is 30.4 Å². The zero-order valence-corrected chi connectivity index (χ0v) is 19.2. The normalized spacial score (nSPS) is 15.3. The van der Waals surface area contributed by atoms with Crippen LogP contribution in [0, 0.1) is 0 Å². The van der Waals surface area contributed by atoms with Crippen molar-refractivity contribution in [2.24, 2.45) is 0 Å². The topological polar surface area (TPSA) is 141 Å². The standard InChI is InChI=1S/C21H24N8O3S/c1-12(2)29-17-8-19(23-10-16(17)25-21(29)13(3)30)26-18-6-7-22-20(27-18)14-9-24-28(11-14)33(31,32)15-4-5-15/h6-13,15,30H,4-5H2,1-3H3,(H,22,23,26,27)/t13-/m1/s1. The summed E-state index contributed by atoms with van der Waals surface area (Å²) in [6.45, 7) is 5.74. The Balaban J connectivity index is 1.44. The summed E-state index contributed by atoms with van der Waals surface area (Å²) in [5, 5.41) is 16.9. The highest BCUT2D eigenvalue weighted by Crippen LogP contribution is 2.30. The summed E-state index contributed by atoms with van der Waals surface area (Å²) < 4.78 is 27.8. The van der Waals surface area contributed by atoms with E-state index in [9.17, 15) is 13.5 Å². The second-order valence-electron chi connectivity index (χ2n) is 8.40. The van der Waals surface area contributed by atoms with Crippen LogP contribution in [0.3, 0.4) is 0 Å². The molecule has 0 aromatic carbocycles. The molecule has 2 N–H and O–H groups in total. The number of pyridine rings is 1. The van der Waals surface area contributed by atoms with Gasteiger partial charge in [0.1, 0.15) is 29.1 Å². The van der Waals surface area contributed by atoms with Crippen molar-refractivity contribution < 1.29 is 13.5 Å². The number of aliphatic hydroxyl groups excluding tert-OH is 1. The van der Waals surface area contributed by atoms with Gasteiger partial charge in [0.25, 0.3) is 10.0 Å². The first-order valence-corrected chi connectivity index (χ1v) is 12.2. The van der Waals surface area contributed by atoms with Gasteiger partial charge in [-0.05, 0) is 39.7 Å². The maximum Gasteiger partial charge on any atom is 0.256 e. The van der Waals surface area contributed by atoms with Crippen LogP contribution >= 0.6 is 0 Å². The van der Waals surface area contributed by atoms with E-state index in [0.29, 0.717) is 47.2 Å². The molecule has 0 saturated heterocycles. The van der Waals surface area contributed by atoms with Gasteiger partial charge in [-0.3, -0.25) is 0 Å². The summed E-state index contributed by atoms with van der Waals surface area (Å²) in [6.07, 6.45) is 6.75. The van der Waals surface area contributed by atoms with Gasteiger partial charge in [-0.25, -0.2) is 28.4 Å². The maximum atomic E-state index is 12.4. The first kappa shape index (κ1) is 21.5. The van der Waals surface area contributed by atoms with Crippen molar-refractivity contribution in [3.05, 3.63) is 42.7 Å². The van der Waals surface area contributed by atoms with Crippen LogP contribution in [-0.4, -0.2) is 52.5 Å². The molecule has 1 saturated carbocycles. The summed E-state index contributed by atoms with van der Waals surface area (Å²) in [5.41, 5.74) is 2.04. The molecule has 0 amide bonds. The van der Waals surface area contributed by atoms with Crippen LogP contribution in [0.4, 0.5) is 11.6 Å². The minimum atomic E-state index is -3.45. The average Bonchev–Trinajstić information content (AvgIpc) is 3.39. The molecule has 0 bridgehead atoms. The SMILES string of the molecule is CC(C)n1c([C@@H](C)O)nc2cnc(Nc3ccnc(-c4cnn(S(=O)(=O)C5CC5)c4)n3)cc21. The molecule has 5 rings (SSSR count). The molecular formula is C21H24N8O3S. The quantitative estimate of drug-likeness (QED) is 0.419. The van der Waals surface area contributed by atoms with Gasteiger partial charge >= 0.3 is 0 Å². The molecule has 0 radical (unpaired) electrons. The van der Waals surface area contributed by atoms with E-state index in [1.807, 2.05) is 24.5 Å². The molecule has 1 fully saturated rings. The Labute approximate surface area is 190 Å². The maximum absolute atomic E-state index is 12.4. The van der Waals surface area contributed by atoms with Crippen LogP contribution in [0.2, 0.25) is 0 Å². The number of aromatic nitrogens is 7. The molecule has 0 spiro atoms. The summed E-state index contributed by atoms with van der Waals surface area (Å²) in [5.74, 6) is 1.98. The van der Waals surface area contributed by atoms with Gasteiger partial charge in [0, 0.05) is 18.3 Å². The smallest absolute Gasteiger partial charge is 0.256 e. The van der Waals surface area contributed by atoms with Crippen molar-refractivity contribution in [2.45, 2.75) is 51.0 Å². The third-order valence-corrected chi connectivity index (χ3v) is 7.46. The molecular weight excluding hydrogens is 444 g/mol. The fourth-order valence-electron chi connectivity index (χ4n) is 3.70. The van der Waals surface area contributed by atoms with E-state index >= 15 is 0 Å². The largest absolute Gasteiger partial charge is 0.385 e. The molecule has 172 valence electrons. The minimum Gasteiger partial charge on any atom is -0.385 e. The summed E-state index contributed by atoms with van der Waals surface area (Å²) in [6, 6.07) is 3.65. The molecule has 33 heavy (non-hydrogen) atoms. The van der Waals surface area contributed by atoms with E-state index in [1.54, 1.807) is 25.4 Å². The van der Waals surface area contributed by atoms with E-state index in [-0.39, 0.29) is 11.3 Å². The van der Waals surface area contributed by atoms with Gasteiger partial charge < -0.3 is 15.0 Å². The number of imidazole rings is 1. The fourth-order valence-corrected chi connectivity index (χ4v) is 5.18. The molecule has 4 aromatic heterocycles. The molecule has 1 aliphatic carbocycles. The predicted octanol–water partition coefficient (Wildman–Crippen LogP) is 2.80. The van der Waals surface area contributed by atoms with Gasteiger partial charge in [0.15, 0.2) is 5.82 Å². The number of nitrogens with one attached hydrogen (secondary N) is 1. The van der Waals surface area contributed by atoms with Gasteiger partial charge in [-0.2, -0.15) is 9.19 Å². The molecule has 1 atom stereocenters. The Bertz CT molecular complexity index is 1440. The summed E-state index contributed by atoms with van der Waals surface area (Å²) >= 11 is 0. The van der Waals surface area contributed by atoms with Crippen LogP contribution in [-0.2, 0) is 10.0 Å². The van der Waals surface area contributed by atoms with E-state index in [4.69, 9.17) is 0 Å². The lowest BCUT2D eigenvalue weighted by Gasteiger charge is -2.14. The van der Waals surface area contributed by atoms with Crippen LogP contribution in [0.25, 0.3) is 22.4 Å². The van der Waals surface area contributed by atoms with Crippen LogP contribution in [0.5, 0.6) is 0 Å². The molecule has 12 heteroatoms. The van der Waals surface area contributed by atoms with E-state index in [0.717, 1.165) is 9.60 Å². The Kier molecular flexibility index (Phi) is 5.13. The van der Waals surface area contributed by atoms with Gasteiger partial charge in [-0.15, -0.1) is 0 Å². The third kappa shape index (κ3) is 3.95. The van der Waals surface area contributed by atoms with Crippen LogP contribution in [0.15, 0.2) is 36.9 Å². The number of fused-ring (bicyclic) bond motifs is 1. The zero-order chi connectivity index (χ0) is 23.3. The van der Waals surface area contributed by atoms with Gasteiger partial charge in [0.2, 0.25) is 0 Å². The van der Waals surface area contributed by atoms with Crippen molar-refractivity contribution in [1.29, 1.82) is 0 Å². The van der Waals surface area contributed by atoms with E-state index in [1.165, 1.54) is 12.4 Å². The Morgan fingerprint density at radius 3 is 2.61 bits per heavy atom. The number of aliphatic hydroxyl groups is 1. The highest BCUT2D eigenvalue weighted by molar-refractivity contribution is 7.90. The molecule has 11 nitrogen and oxygen atoms in total. The number of rotatable bonds is 7. The second kappa shape index (κ2) is 7.89. The Hall–Kier alpha value is -3.38. The van der Waals surface area contributed by atoms with Crippen molar-refractivity contribution in [1.82, 2.24) is 33.7 Å². The van der Waals surface area contributed by atoms with E-state index < -0.39 is 16.1 Å². The second-order valence-corrected chi connectivity index (χ2v) is 10.5. The number of hydrogen-bond donors (Lipinski definition) is 2. The Morgan fingerprint density at radius 1 is 1.12 bits per heavy atom. The van der Waals surface area contributed by atoms with Crippen molar-refractivity contribution in [3.63, 3.8) is 0 Å². The van der Waals surface area contributed by atoms with Crippen molar-refractivity contribution in [2.75, 3.05) is 5.32 Å². The van der Waals surface area contributed by atoms with Crippen molar-refractivity contribution >= 4 is 32.7 Å².